The van der Waals surface area contributed by atoms with Crippen molar-refractivity contribution in [3.63, 3.8) is 0 Å². The van der Waals surface area contributed by atoms with Crippen LogP contribution in [0.4, 0.5) is 0 Å². The summed E-state index contributed by atoms with van der Waals surface area (Å²) in [5.74, 6) is 0.0917. The predicted octanol–water partition coefficient (Wildman–Crippen LogP) is 0.768. The molecule has 0 rings (SSSR count). The van der Waals surface area contributed by atoms with E-state index in [9.17, 15) is 9.90 Å². The Morgan fingerprint density at radius 3 is 2.57 bits per heavy atom. The summed E-state index contributed by atoms with van der Waals surface area (Å²) in [6, 6.07) is 0. The third kappa shape index (κ3) is 8.16. The van der Waals surface area contributed by atoms with Crippen LogP contribution in [0.25, 0.3) is 0 Å². The first-order valence-electron chi connectivity index (χ1n) is 4.84. The standard InChI is InChI=1S/C10H20O4/c1-8(11)4-5-10(12)7-14-9(2)6-13-3/h9-10,12H,4-7H2,1-3H3. The molecule has 0 aliphatic heterocycles. The summed E-state index contributed by atoms with van der Waals surface area (Å²) < 4.78 is 10.2. The van der Waals surface area contributed by atoms with Crippen LogP contribution in [-0.2, 0) is 14.3 Å². The van der Waals surface area contributed by atoms with Gasteiger partial charge in [0.05, 0.1) is 25.4 Å². The highest BCUT2D eigenvalue weighted by Crippen LogP contribution is 2.01. The molecule has 0 fully saturated rings. The van der Waals surface area contributed by atoms with Gasteiger partial charge in [-0.05, 0) is 20.3 Å². The SMILES string of the molecule is COCC(C)OCC(O)CCC(C)=O. The van der Waals surface area contributed by atoms with E-state index < -0.39 is 6.10 Å². The number of ether oxygens (including phenoxy) is 2. The lowest BCUT2D eigenvalue weighted by Crippen LogP contribution is -2.23. The van der Waals surface area contributed by atoms with Gasteiger partial charge in [0.25, 0.3) is 0 Å². The molecule has 1 N–H and O–H groups in total. The Bertz CT molecular complexity index is 158. The van der Waals surface area contributed by atoms with Crippen LogP contribution in [0.2, 0.25) is 0 Å². The molecule has 4 nitrogen and oxygen atoms in total. The van der Waals surface area contributed by atoms with Gasteiger partial charge in [0, 0.05) is 13.5 Å². The maximum absolute atomic E-state index is 10.6. The zero-order valence-corrected chi connectivity index (χ0v) is 9.16. The van der Waals surface area contributed by atoms with E-state index in [-0.39, 0.29) is 18.5 Å². The van der Waals surface area contributed by atoms with E-state index in [0.29, 0.717) is 19.4 Å². The molecule has 0 radical (unpaired) electrons. The molecule has 4 heteroatoms. The van der Waals surface area contributed by atoms with Crippen LogP contribution in [-0.4, -0.2) is 43.4 Å². The van der Waals surface area contributed by atoms with Crippen LogP contribution in [0, 0.1) is 0 Å². The fourth-order valence-corrected chi connectivity index (χ4v) is 1.01. The molecule has 0 bridgehead atoms. The van der Waals surface area contributed by atoms with Crippen LogP contribution >= 0.6 is 0 Å². The first-order valence-corrected chi connectivity index (χ1v) is 4.84. The molecule has 0 aromatic carbocycles. The highest BCUT2D eigenvalue weighted by molar-refractivity contribution is 5.75. The summed E-state index contributed by atoms with van der Waals surface area (Å²) >= 11 is 0. The van der Waals surface area contributed by atoms with Crippen molar-refractivity contribution in [2.75, 3.05) is 20.3 Å². The third-order valence-electron chi connectivity index (χ3n) is 1.80. The molecular formula is C10H20O4. The van der Waals surface area contributed by atoms with Gasteiger partial charge in [0.15, 0.2) is 0 Å². The van der Waals surface area contributed by atoms with Crippen LogP contribution in [0.5, 0.6) is 0 Å². The molecule has 0 aliphatic rings. The summed E-state index contributed by atoms with van der Waals surface area (Å²) in [7, 11) is 1.60. The Labute approximate surface area is 85.2 Å². The highest BCUT2D eigenvalue weighted by Gasteiger charge is 2.08. The van der Waals surface area contributed by atoms with E-state index in [2.05, 4.69) is 0 Å². The molecule has 0 aliphatic carbocycles. The van der Waals surface area contributed by atoms with E-state index in [1.165, 1.54) is 6.92 Å². The van der Waals surface area contributed by atoms with Crippen LogP contribution in [0.15, 0.2) is 0 Å². The third-order valence-corrected chi connectivity index (χ3v) is 1.80. The molecule has 0 heterocycles. The minimum absolute atomic E-state index is 0.0213. The molecule has 2 unspecified atom stereocenters. The Kier molecular flexibility index (Phi) is 7.65. The summed E-state index contributed by atoms with van der Waals surface area (Å²) in [5, 5.41) is 9.40. The number of carbonyl (C=O) groups excluding carboxylic acids is 1. The lowest BCUT2D eigenvalue weighted by Gasteiger charge is -2.15. The van der Waals surface area contributed by atoms with E-state index in [4.69, 9.17) is 9.47 Å². The van der Waals surface area contributed by atoms with Gasteiger partial charge in [0.2, 0.25) is 0 Å². The van der Waals surface area contributed by atoms with Gasteiger partial charge < -0.3 is 19.4 Å². The second-order valence-corrected chi connectivity index (χ2v) is 3.49. The lowest BCUT2D eigenvalue weighted by atomic mass is 10.1. The largest absolute Gasteiger partial charge is 0.391 e. The molecular weight excluding hydrogens is 184 g/mol. The average molecular weight is 204 g/mol. The van der Waals surface area contributed by atoms with E-state index in [0.717, 1.165) is 0 Å². The molecule has 0 amide bonds. The minimum Gasteiger partial charge on any atom is -0.391 e. The molecule has 2 atom stereocenters. The van der Waals surface area contributed by atoms with Gasteiger partial charge in [-0.2, -0.15) is 0 Å². The van der Waals surface area contributed by atoms with Gasteiger partial charge in [-0.15, -0.1) is 0 Å². The van der Waals surface area contributed by atoms with Crippen molar-refractivity contribution in [1.82, 2.24) is 0 Å². The van der Waals surface area contributed by atoms with Crippen LogP contribution in [0.1, 0.15) is 26.7 Å². The van der Waals surface area contributed by atoms with Crippen molar-refractivity contribution in [3.05, 3.63) is 0 Å². The van der Waals surface area contributed by atoms with Crippen molar-refractivity contribution in [3.8, 4) is 0 Å². The number of rotatable bonds is 8. The Balaban J connectivity index is 3.42. The minimum atomic E-state index is -0.557. The molecule has 0 aromatic heterocycles. The van der Waals surface area contributed by atoms with Gasteiger partial charge in [-0.3, -0.25) is 0 Å². The maximum Gasteiger partial charge on any atom is 0.129 e. The van der Waals surface area contributed by atoms with Gasteiger partial charge in [0.1, 0.15) is 5.78 Å². The lowest BCUT2D eigenvalue weighted by molar-refractivity contribution is -0.117. The summed E-state index contributed by atoms with van der Waals surface area (Å²) in [6.07, 6.45) is 0.295. The highest BCUT2D eigenvalue weighted by atomic mass is 16.5. The Morgan fingerprint density at radius 2 is 2.07 bits per heavy atom. The fraction of sp³-hybridized carbons (Fsp3) is 0.900. The second-order valence-electron chi connectivity index (χ2n) is 3.49. The van der Waals surface area contributed by atoms with Gasteiger partial charge >= 0.3 is 0 Å². The molecule has 0 saturated heterocycles. The predicted molar refractivity (Wildman–Crippen MR) is 53.2 cm³/mol. The van der Waals surface area contributed by atoms with E-state index in [1.54, 1.807) is 7.11 Å². The quantitative estimate of drug-likeness (QED) is 0.634. The maximum atomic E-state index is 10.6. The summed E-state index contributed by atoms with van der Waals surface area (Å²) in [5.41, 5.74) is 0. The number of hydrogen-bond acceptors (Lipinski definition) is 4. The van der Waals surface area contributed by atoms with Crippen molar-refractivity contribution in [2.45, 2.75) is 38.9 Å². The van der Waals surface area contributed by atoms with Gasteiger partial charge in [-0.1, -0.05) is 0 Å². The molecule has 0 aromatic rings. The smallest absolute Gasteiger partial charge is 0.129 e. The number of aliphatic hydroxyl groups is 1. The molecule has 0 saturated carbocycles. The van der Waals surface area contributed by atoms with Gasteiger partial charge in [-0.25, -0.2) is 0 Å². The van der Waals surface area contributed by atoms with Crippen molar-refractivity contribution < 1.29 is 19.4 Å². The van der Waals surface area contributed by atoms with E-state index >= 15 is 0 Å². The fourth-order valence-electron chi connectivity index (χ4n) is 1.01. The zero-order valence-electron chi connectivity index (χ0n) is 9.16. The molecule has 0 spiro atoms. The Morgan fingerprint density at radius 1 is 1.43 bits per heavy atom. The van der Waals surface area contributed by atoms with Crippen molar-refractivity contribution >= 4 is 5.78 Å². The van der Waals surface area contributed by atoms with Crippen LogP contribution < -0.4 is 0 Å². The summed E-state index contributed by atoms with van der Waals surface area (Å²) in [4.78, 5) is 10.6. The van der Waals surface area contributed by atoms with Crippen molar-refractivity contribution in [2.24, 2.45) is 0 Å². The first-order chi connectivity index (χ1) is 6.56. The normalized spacial score (nSPS) is 15.1. The Hall–Kier alpha value is -0.450. The summed E-state index contributed by atoms with van der Waals surface area (Å²) in [6.45, 7) is 4.17. The number of hydrogen-bond donors (Lipinski definition) is 1. The number of ketones is 1. The number of carbonyl (C=O) groups is 1. The zero-order chi connectivity index (χ0) is 11.0. The number of Topliss-reactive ketones (excluding diaryl/α,β-unsaturated/α-hetero) is 1. The molecule has 14 heavy (non-hydrogen) atoms. The first kappa shape index (κ1) is 13.5. The number of methoxy groups -OCH3 is 1. The van der Waals surface area contributed by atoms with Crippen LogP contribution in [0.3, 0.4) is 0 Å². The monoisotopic (exact) mass is 204 g/mol. The van der Waals surface area contributed by atoms with E-state index in [1.807, 2.05) is 6.92 Å². The second kappa shape index (κ2) is 7.91. The van der Waals surface area contributed by atoms with Crippen molar-refractivity contribution in [1.29, 1.82) is 0 Å². The molecule has 84 valence electrons. The number of aliphatic hydroxyl groups excluding tert-OH is 1. The topological polar surface area (TPSA) is 55.8 Å². The average Bonchev–Trinajstić information content (AvgIpc) is 2.12.